The van der Waals surface area contributed by atoms with E-state index < -0.39 is 12.0 Å². The number of amides is 1. The van der Waals surface area contributed by atoms with E-state index >= 15 is 0 Å². The van der Waals surface area contributed by atoms with Gasteiger partial charge < -0.3 is 10.1 Å². The number of hydrogen-bond donors (Lipinski definition) is 1. The summed E-state index contributed by atoms with van der Waals surface area (Å²) < 4.78 is 5.22. The van der Waals surface area contributed by atoms with Crippen molar-refractivity contribution in [1.29, 1.82) is 0 Å². The number of esters is 1. The molecule has 2 aromatic carbocycles. The van der Waals surface area contributed by atoms with E-state index in [0.717, 1.165) is 6.42 Å². The molecule has 142 valence electrons. The first kappa shape index (κ1) is 18.1. The van der Waals surface area contributed by atoms with Gasteiger partial charge in [-0.05, 0) is 25.3 Å². The van der Waals surface area contributed by atoms with Gasteiger partial charge in [-0.2, -0.15) is 0 Å². The number of fused-ring (bicyclic) bond motifs is 2. The predicted molar refractivity (Wildman–Crippen MR) is 101 cm³/mol. The average molecular weight is 377 g/mol. The number of ketones is 2. The molecule has 0 heterocycles. The zero-order chi connectivity index (χ0) is 20.0. The van der Waals surface area contributed by atoms with Crippen LogP contribution in [0.5, 0.6) is 0 Å². The molecular weight excluding hydrogens is 358 g/mol. The van der Waals surface area contributed by atoms with Crippen molar-refractivity contribution in [2.75, 3.05) is 5.32 Å². The van der Waals surface area contributed by atoms with Crippen molar-refractivity contribution in [3.05, 3.63) is 64.7 Å². The molecule has 1 N–H and O–H groups in total. The van der Waals surface area contributed by atoms with Gasteiger partial charge in [-0.25, -0.2) is 0 Å². The van der Waals surface area contributed by atoms with E-state index in [1.54, 1.807) is 42.5 Å². The van der Waals surface area contributed by atoms with Crippen molar-refractivity contribution < 1.29 is 23.9 Å². The van der Waals surface area contributed by atoms with Crippen LogP contribution in [0.1, 0.15) is 52.1 Å². The van der Waals surface area contributed by atoms with Crippen molar-refractivity contribution in [1.82, 2.24) is 0 Å². The zero-order valence-electron chi connectivity index (χ0n) is 15.5. The van der Waals surface area contributed by atoms with Crippen LogP contribution in [-0.4, -0.2) is 29.5 Å². The molecule has 2 aromatic rings. The van der Waals surface area contributed by atoms with Crippen LogP contribution < -0.4 is 5.32 Å². The molecule has 1 amide bonds. The Morgan fingerprint density at radius 2 is 1.61 bits per heavy atom. The van der Waals surface area contributed by atoms with Gasteiger partial charge in [-0.1, -0.05) is 43.3 Å². The molecule has 2 aliphatic carbocycles. The maximum atomic E-state index is 12.9. The summed E-state index contributed by atoms with van der Waals surface area (Å²) in [7, 11) is 0. The molecule has 3 unspecified atom stereocenters. The van der Waals surface area contributed by atoms with E-state index in [9.17, 15) is 19.2 Å². The lowest BCUT2D eigenvalue weighted by Gasteiger charge is -2.21. The van der Waals surface area contributed by atoms with Crippen molar-refractivity contribution >= 4 is 29.1 Å². The molecule has 0 bridgehead atoms. The molecule has 0 radical (unpaired) electrons. The quantitative estimate of drug-likeness (QED) is 0.706. The van der Waals surface area contributed by atoms with E-state index in [1.165, 1.54) is 6.92 Å². The Hall–Kier alpha value is -3.28. The summed E-state index contributed by atoms with van der Waals surface area (Å²) in [5.41, 5.74) is 1.30. The number of anilines is 1. The molecule has 0 aromatic heterocycles. The SMILES string of the molecule is CC(OC(=O)C1CC1C)C(=O)Nc1cccc2c1C(=O)c1ccccc1C2=O. The molecular formula is C22H19NO5. The molecule has 3 atom stereocenters. The van der Waals surface area contributed by atoms with Crippen LogP contribution in [0.4, 0.5) is 5.69 Å². The van der Waals surface area contributed by atoms with Gasteiger partial charge in [-0.15, -0.1) is 0 Å². The van der Waals surface area contributed by atoms with E-state index in [0.29, 0.717) is 11.1 Å². The smallest absolute Gasteiger partial charge is 0.309 e. The minimum Gasteiger partial charge on any atom is -0.452 e. The molecule has 0 aliphatic heterocycles. The summed E-state index contributed by atoms with van der Waals surface area (Å²) in [5.74, 6) is -1.37. The fourth-order valence-corrected chi connectivity index (χ4v) is 3.45. The van der Waals surface area contributed by atoms with Crippen LogP contribution in [0.25, 0.3) is 0 Å². The van der Waals surface area contributed by atoms with Gasteiger partial charge in [-0.3, -0.25) is 19.2 Å². The van der Waals surface area contributed by atoms with Gasteiger partial charge in [0.1, 0.15) is 0 Å². The summed E-state index contributed by atoms with van der Waals surface area (Å²) in [6.07, 6.45) is -0.229. The fourth-order valence-electron chi connectivity index (χ4n) is 3.45. The van der Waals surface area contributed by atoms with Gasteiger partial charge in [0.15, 0.2) is 17.7 Å². The van der Waals surface area contributed by atoms with Crippen LogP contribution in [0, 0.1) is 11.8 Å². The molecule has 0 spiro atoms. The average Bonchev–Trinajstić information content (AvgIpc) is 3.42. The Kier molecular flexibility index (Phi) is 4.34. The van der Waals surface area contributed by atoms with E-state index in [1.807, 2.05) is 6.92 Å². The first-order valence-electron chi connectivity index (χ1n) is 9.21. The first-order chi connectivity index (χ1) is 13.4. The minimum atomic E-state index is -1.00. The molecule has 4 rings (SSSR count). The highest BCUT2D eigenvalue weighted by Gasteiger charge is 2.41. The highest BCUT2D eigenvalue weighted by molar-refractivity contribution is 6.30. The third-order valence-corrected chi connectivity index (χ3v) is 5.28. The Balaban J connectivity index is 1.58. The molecule has 6 heteroatoms. The molecule has 6 nitrogen and oxygen atoms in total. The number of hydrogen-bond acceptors (Lipinski definition) is 5. The molecule has 1 saturated carbocycles. The monoisotopic (exact) mass is 377 g/mol. The van der Waals surface area contributed by atoms with Crippen molar-refractivity contribution in [3.8, 4) is 0 Å². The second-order valence-corrected chi connectivity index (χ2v) is 7.32. The number of rotatable bonds is 4. The van der Waals surface area contributed by atoms with Crippen molar-refractivity contribution in [2.24, 2.45) is 11.8 Å². The standard InChI is InChI=1S/C22H19NO5/c1-11-10-16(11)22(27)28-12(2)21(26)23-17-9-5-8-15-18(17)20(25)14-7-4-3-6-13(14)19(15)24/h3-9,11-12,16H,10H2,1-2H3,(H,23,26). The van der Waals surface area contributed by atoms with E-state index in [-0.39, 0.29) is 46.2 Å². The lowest BCUT2D eigenvalue weighted by molar-refractivity contribution is -0.154. The van der Waals surface area contributed by atoms with Gasteiger partial charge >= 0.3 is 5.97 Å². The molecule has 28 heavy (non-hydrogen) atoms. The van der Waals surface area contributed by atoms with Crippen LogP contribution in [0.2, 0.25) is 0 Å². The van der Waals surface area contributed by atoms with Crippen molar-refractivity contribution in [3.63, 3.8) is 0 Å². The third kappa shape index (κ3) is 3.01. The number of ether oxygens (including phenoxy) is 1. The Morgan fingerprint density at radius 3 is 2.25 bits per heavy atom. The van der Waals surface area contributed by atoms with Crippen LogP contribution in [0.3, 0.4) is 0 Å². The summed E-state index contributed by atoms with van der Waals surface area (Å²) in [4.78, 5) is 50.2. The maximum Gasteiger partial charge on any atom is 0.309 e. The van der Waals surface area contributed by atoms with Crippen LogP contribution in [0.15, 0.2) is 42.5 Å². The fraction of sp³-hybridized carbons (Fsp3) is 0.273. The highest BCUT2D eigenvalue weighted by Crippen LogP contribution is 2.39. The normalized spacial score (nSPS) is 20.6. The van der Waals surface area contributed by atoms with Gasteiger partial charge in [0.05, 0.1) is 17.2 Å². The van der Waals surface area contributed by atoms with E-state index in [4.69, 9.17) is 4.74 Å². The topological polar surface area (TPSA) is 89.5 Å². The number of carbonyl (C=O) groups excluding carboxylic acids is 4. The third-order valence-electron chi connectivity index (χ3n) is 5.28. The van der Waals surface area contributed by atoms with Gasteiger partial charge in [0, 0.05) is 16.7 Å². The highest BCUT2D eigenvalue weighted by atomic mass is 16.5. The van der Waals surface area contributed by atoms with E-state index in [2.05, 4.69) is 5.32 Å². The summed E-state index contributed by atoms with van der Waals surface area (Å²) in [6, 6.07) is 11.3. The Bertz CT molecular complexity index is 1030. The zero-order valence-corrected chi connectivity index (χ0v) is 15.5. The largest absolute Gasteiger partial charge is 0.452 e. The maximum absolute atomic E-state index is 12.9. The summed E-state index contributed by atoms with van der Waals surface area (Å²) >= 11 is 0. The van der Waals surface area contributed by atoms with Crippen LogP contribution >= 0.6 is 0 Å². The van der Waals surface area contributed by atoms with Crippen molar-refractivity contribution in [2.45, 2.75) is 26.4 Å². The Morgan fingerprint density at radius 1 is 1.00 bits per heavy atom. The first-order valence-corrected chi connectivity index (χ1v) is 9.21. The second-order valence-electron chi connectivity index (χ2n) is 7.32. The lowest BCUT2D eigenvalue weighted by atomic mass is 9.83. The predicted octanol–water partition coefficient (Wildman–Crippen LogP) is 2.99. The summed E-state index contributed by atoms with van der Waals surface area (Å²) in [6.45, 7) is 3.44. The number of nitrogens with one attached hydrogen (secondary N) is 1. The molecule has 2 aliphatic rings. The number of carbonyl (C=O) groups is 4. The Labute approximate surface area is 161 Å². The van der Waals surface area contributed by atoms with Crippen LogP contribution in [-0.2, 0) is 14.3 Å². The molecule has 1 fully saturated rings. The number of benzene rings is 2. The van der Waals surface area contributed by atoms with Gasteiger partial charge in [0.2, 0.25) is 0 Å². The second kappa shape index (κ2) is 6.71. The van der Waals surface area contributed by atoms with Gasteiger partial charge in [0.25, 0.3) is 5.91 Å². The minimum absolute atomic E-state index is 0.143. The summed E-state index contributed by atoms with van der Waals surface area (Å²) in [5, 5.41) is 2.64. The molecule has 0 saturated heterocycles. The lowest BCUT2D eigenvalue weighted by Crippen LogP contribution is -2.32.